The first-order chi connectivity index (χ1) is 8.61. The normalized spacial score (nSPS) is 10.1. The highest BCUT2D eigenvalue weighted by atomic mass is 16.4. The number of carboxylic acids is 1. The van der Waals surface area contributed by atoms with Crippen molar-refractivity contribution in [2.75, 3.05) is 18.9 Å². The Kier molecular flexibility index (Phi) is 5.79. The Bertz CT molecular complexity index is 404. The third-order valence-electron chi connectivity index (χ3n) is 2.27. The van der Waals surface area contributed by atoms with Gasteiger partial charge in [-0.3, -0.25) is 14.6 Å². The van der Waals surface area contributed by atoms with Crippen LogP contribution in [0.4, 0.5) is 5.69 Å². The third kappa shape index (κ3) is 5.40. The molecule has 0 saturated heterocycles. The first-order valence-corrected chi connectivity index (χ1v) is 5.73. The molecule has 1 aromatic rings. The number of amides is 1. The van der Waals surface area contributed by atoms with Gasteiger partial charge in [0.15, 0.2) is 0 Å². The summed E-state index contributed by atoms with van der Waals surface area (Å²) in [7, 11) is 1.84. The Morgan fingerprint density at radius 1 is 1.39 bits per heavy atom. The molecule has 98 valence electrons. The molecule has 0 spiro atoms. The van der Waals surface area contributed by atoms with Crippen LogP contribution in [0.2, 0.25) is 0 Å². The zero-order valence-electron chi connectivity index (χ0n) is 10.3. The molecule has 6 nitrogen and oxygen atoms in total. The minimum atomic E-state index is -0.925. The monoisotopic (exact) mass is 251 g/mol. The van der Waals surface area contributed by atoms with Gasteiger partial charge in [0.25, 0.3) is 0 Å². The molecule has 0 aliphatic heterocycles. The van der Waals surface area contributed by atoms with Gasteiger partial charge in [0.2, 0.25) is 5.91 Å². The third-order valence-corrected chi connectivity index (χ3v) is 2.27. The number of hydrogen-bond donors (Lipinski definition) is 3. The molecule has 0 aliphatic rings. The average molecular weight is 251 g/mol. The molecule has 1 aromatic heterocycles. The van der Waals surface area contributed by atoms with E-state index >= 15 is 0 Å². The molecule has 0 bridgehead atoms. The largest absolute Gasteiger partial charge is 0.481 e. The lowest BCUT2D eigenvalue weighted by Crippen LogP contribution is -2.15. The minimum Gasteiger partial charge on any atom is -0.481 e. The van der Waals surface area contributed by atoms with Crippen LogP contribution < -0.4 is 10.6 Å². The van der Waals surface area contributed by atoms with Crippen LogP contribution in [0.3, 0.4) is 0 Å². The molecule has 0 radical (unpaired) electrons. The maximum absolute atomic E-state index is 11.5. The van der Waals surface area contributed by atoms with Crippen LogP contribution in [0.5, 0.6) is 0 Å². The highest BCUT2D eigenvalue weighted by Crippen LogP contribution is 2.07. The Hall–Kier alpha value is -1.95. The Balaban J connectivity index is 2.43. The summed E-state index contributed by atoms with van der Waals surface area (Å²) >= 11 is 0. The number of hydrogen-bond acceptors (Lipinski definition) is 4. The van der Waals surface area contributed by atoms with Gasteiger partial charge in [0.1, 0.15) is 0 Å². The molecular formula is C12H17N3O3. The molecular weight excluding hydrogens is 234 g/mol. The first-order valence-electron chi connectivity index (χ1n) is 5.73. The summed E-state index contributed by atoms with van der Waals surface area (Å²) < 4.78 is 0. The molecule has 0 fully saturated rings. The van der Waals surface area contributed by atoms with Gasteiger partial charge >= 0.3 is 5.97 Å². The smallest absolute Gasteiger partial charge is 0.309 e. The van der Waals surface area contributed by atoms with Crippen molar-refractivity contribution in [3.8, 4) is 0 Å². The second-order valence-electron chi connectivity index (χ2n) is 3.86. The highest BCUT2D eigenvalue weighted by Gasteiger charge is 2.04. The fraction of sp³-hybridized carbons (Fsp3) is 0.417. The van der Waals surface area contributed by atoms with E-state index in [0.29, 0.717) is 17.8 Å². The number of carbonyl (C=O) groups excluding carboxylic acids is 1. The van der Waals surface area contributed by atoms with Crippen molar-refractivity contribution in [2.24, 2.45) is 0 Å². The first kappa shape index (κ1) is 14.1. The number of aromatic nitrogens is 1. The van der Waals surface area contributed by atoms with E-state index in [-0.39, 0.29) is 12.3 Å². The summed E-state index contributed by atoms with van der Waals surface area (Å²) in [5, 5.41) is 14.3. The van der Waals surface area contributed by atoms with Crippen LogP contribution in [0, 0.1) is 0 Å². The molecule has 6 heteroatoms. The Morgan fingerprint density at radius 3 is 2.72 bits per heavy atom. The zero-order valence-corrected chi connectivity index (χ0v) is 10.3. The molecule has 3 N–H and O–H groups in total. The summed E-state index contributed by atoms with van der Waals surface area (Å²) in [6, 6.07) is 3.25. The second kappa shape index (κ2) is 7.39. The van der Waals surface area contributed by atoms with Gasteiger partial charge in [0.05, 0.1) is 24.0 Å². The van der Waals surface area contributed by atoms with E-state index in [4.69, 9.17) is 5.11 Å². The topological polar surface area (TPSA) is 91.3 Å². The van der Waals surface area contributed by atoms with Gasteiger partial charge in [-0.15, -0.1) is 0 Å². The van der Waals surface area contributed by atoms with Crippen LogP contribution >= 0.6 is 0 Å². The predicted octanol–water partition coefficient (Wildman–Crippen LogP) is 0.647. The lowest BCUT2D eigenvalue weighted by Gasteiger charge is -2.05. The molecule has 18 heavy (non-hydrogen) atoms. The maximum atomic E-state index is 11.5. The number of carbonyl (C=O) groups is 2. The number of aliphatic carboxylic acids is 1. The lowest BCUT2D eigenvalue weighted by atomic mass is 10.2. The van der Waals surface area contributed by atoms with Crippen LogP contribution in [0.25, 0.3) is 0 Å². The van der Waals surface area contributed by atoms with Crippen molar-refractivity contribution in [3.05, 3.63) is 24.0 Å². The average Bonchev–Trinajstić information content (AvgIpc) is 2.31. The number of carboxylic acid groups (broad SMARTS) is 1. The summed E-state index contributed by atoms with van der Waals surface area (Å²) in [6.07, 6.45) is 2.56. The van der Waals surface area contributed by atoms with Gasteiger partial charge < -0.3 is 15.7 Å². The fourth-order valence-electron chi connectivity index (χ4n) is 1.41. The van der Waals surface area contributed by atoms with E-state index in [1.54, 1.807) is 12.1 Å². The molecule has 0 aliphatic carbocycles. The van der Waals surface area contributed by atoms with Crippen LogP contribution in [0.1, 0.15) is 18.5 Å². The standard InChI is InChI=1S/C12H17N3O3/c1-13-6-2-3-11(16)15-10-5-4-9(14-8-10)7-12(17)18/h4-5,8,13H,2-3,6-7H2,1H3,(H,15,16)(H,17,18). The van der Waals surface area contributed by atoms with Gasteiger partial charge in [0, 0.05) is 6.42 Å². The molecule has 1 amide bonds. The van der Waals surface area contributed by atoms with Crippen molar-refractivity contribution in [2.45, 2.75) is 19.3 Å². The van der Waals surface area contributed by atoms with Crippen LogP contribution in [-0.4, -0.2) is 35.6 Å². The van der Waals surface area contributed by atoms with Crippen LogP contribution in [-0.2, 0) is 16.0 Å². The van der Waals surface area contributed by atoms with Crippen molar-refractivity contribution in [3.63, 3.8) is 0 Å². The molecule has 0 saturated carbocycles. The summed E-state index contributed by atoms with van der Waals surface area (Å²) in [4.78, 5) is 25.9. The SMILES string of the molecule is CNCCCC(=O)Nc1ccc(CC(=O)O)nc1. The van der Waals surface area contributed by atoms with E-state index in [1.165, 1.54) is 6.20 Å². The zero-order chi connectivity index (χ0) is 13.4. The van der Waals surface area contributed by atoms with Crippen molar-refractivity contribution in [1.29, 1.82) is 0 Å². The van der Waals surface area contributed by atoms with Gasteiger partial charge in [-0.25, -0.2) is 0 Å². The van der Waals surface area contributed by atoms with Gasteiger partial charge in [-0.05, 0) is 32.1 Å². The fourth-order valence-corrected chi connectivity index (χ4v) is 1.41. The molecule has 0 atom stereocenters. The van der Waals surface area contributed by atoms with E-state index in [2.05, 4.69) is 15.6 Å². The highest BCUT2D eigenvalue weighted by molar-refractivity contribution is 5.90. The summed E-state index contributed by atoms with van der Waals surface area (Å²) in [5.41, 5.74) is 1.05. The van der Waals surface area contributed by atoms with Gasteiger partial charge in [-0.2, -0.15) is 0 Å². The number of rotatable bonds is 7. The van der Waals surface area contributed by atoms with E-state index in [1.807, 2.05) is 7.05 Å². The number of anilines is 1. The number of nitrogens with zero attached hydrogens (tertiary/aromatic N) is 1. The quantitative estimate of drug-likeness (QED) is 0.619. The van der Waals surface area contributed by atoms with Crippen molar-refractivity contribution >= 4 is 17.6 Å². The minimum absolute atomic E-state index is 0.0713. The molecule has 0 unspecified atom stereocenters. The number of nitrogens with one attached hydrogen (secondary N) is 2. The predicted molar refractivity (Wildman–Crippen MR) is 67.4 cm³/mol. The summed E-state index contributed by atoms with van der Waals surface area (Å²) in [6.45, 7) is 0.795. The van der Waals surface area contributed by atoms with E-state index < -0.39 is 5.97 Å². The van der Waals surface area contributed by atoms with Crippen LogP contribution in [0.15, 0.2) is 18.3 Å². The van der Waals surface area contributed by atoms with Gasteiger partial charge in [-0.1, -0.05) is 0 Å². The van der Waals surface area contributed by atoms with E-state index in [9.17, 15) is 9.59 Å². The molecule has 1 heterocycles. The van der Waals surface area contributed by atoms with E-state index in [0.717, 1.165) is 13.0 Å². The Labute approximate surface area is 105 Å². The van der Waals surface area contributed by atoms with Crippen molar-refractivity contribution < 1.29 is 14.7 Å². The maximum Gasteiger partial charge on any atom is 0.309 e. The second-order valence-corrected chi connectivity index (χ2v) is 3.86. The van der Waals surface area contributed by atoms with Crippen molar-refractivity contribution in [1.82, 2.24) is 10.3 Å². The summed E-state index contributed by atoms with van der Waals surface area (Å²) in [5.74, 6) is -0.996. The molecule has 1 rings (SSSR count). The number of pyridine rings is 1. The Morgan fingerprint density at radius 2 is 2.17 bits per heavy atom. The molecule has 0 aromatic carbocycles. The lowest BCUT2D eigenvalue weighted by molar-refractivity contribution is -0.136.